The van der Waals surface area contributed by atoms with Crippen LogP contribution in [0.2, 0.25) is 0 Å². The normalized spacial score (nSPS) is 23.5. The smallest absolute Gasteiger partial charge is 0.409 e. The summed E-state index contributed by atoms with van der Waals surface area (Å²) in [6.07, 6.45) is 3.06. The molecule has 4 rings (SSSR count). The number of carbonyl (C=O) groups excluding carboxylic acids is 4. The van der Waals surface area contributed by atoms with Gasteiger partial charge in [-0.3, -0.25) is 19.3 Å². The predicted octanol–water partition coefficient (Wildman–Crippen LogP) is 2.33. The Morgan fingerprint density at radius 3 is 2.32 bits per heavy atom. The number of methoxy groups -OCH3 is 1. The molecule has 3 fully saturated rings. The van der Waals surface area contributed by atoms with Crippen LogP contribution in [-0.4, -0.2) is 84.5 Å². The minimum absolute atomic E-state index is 0.0444. The first-order valence-corrected chi connectivity index (χ1v) is 12.1. The first-order valence-electron chi connectivity index (χ1n) is 12.1. The SMILES string of the molecule is CCOC(=O)N1CCN(C(=O)CC2(c3ccccc3OC)CC(=O)N(C3CCCC3)C2=O)CC1. The van der Waals surface area contributed by atoms with Gasteiger partial charge in [-0.2, -0.15) is 0 Å². The standard InChI is InChI=1S/C25H33N3O6/c1-3-34-24(32)27-14-12-26(13-15-27)21(29)16-25(19-10-6-7-11-20(19)33-2)17-22(30)28(23(25)31)18-8-4-5-9-18/h6-7,10-11,18H,3-5,8-9,12-17H2,1-2H3. The highest BCUT2D eigenvalue weighted by atomic mass is 16.6. The van der Waals surface area contributed by atoms with Gasteiger partial charge < -0.3 is 19.3 Å². The Labute approximate surface area is 200 Å². The van der Waals surface area contributed by atoms with Crippen LogP contribution >= 0.6 is 0 Å². The summed E-state index contributed by atoms with van der Waals surface area (Å²) in [5, 5.41) is 0. The maximum atomic E-state index is 13.9. The fourth-order valence-corrected chi connectivity index (χ4v) is 5.50. The number of imide groups is 1. The molecule has 1 atom stereocenters. The van der Waals surface area contributed by atoms with Crippen LogP contribution in [0.4, 0.5) is 4.79 Å². The van der Waals surface area contributed by atoms with Crippen LogP contribution in [0.1, 0.15) is 51.0 Å². The van der Waals surface area contributed by atoms with Crippen LogP contribution in [0.25, 0.3) is 0 Å². The zero-order valence-corrected chi connectivity index (χ0v) is 20.0. The second-order valence-corrected chi connectivity index (χ2v) is 9.21. The zero-order chi connectivity index (χ0) is 24.3. The fraction of sp³-hybridized carbons (Fsp3) is 0.600. The zero-order valence-electron chi connectivity index (χ0n) is 20.0. The molecule has 2 saturated heterocycles. The Morgan fingerprint density at radius 1 is 1.03 bits per heavy atom. The fourth-order valence-electron chi connectivity index (χ4n) is 5.50. The summed E-state index contributed by atoms with van der Waals surface area (Å²) in [7, 11) is 1.53. The number of hydrogen-bond acceptors (Lipinski definition) is 6. The van der Waals surface area contributed by atoms with E-state index >= 15 is 0 Å². The Kier molecular flexibility index (Phi) is 7.09. The molecule has 0 aromatic heterocycles. The number of para-hydroxylation sites is 1. The van der Waals surface area contributed by atoms with Crippen LogP contribution in [-0.2, 0) is 24.5 Å². The van der Waals surface area contributed by atoms with Crippen molar-refractivity contribution in [2.45, 2.75) is 56.9 Å². The van der Waals surface area contributed by atoms with Gasteiger partial charge in [0.1, 0.15) is 5.75 Å². The lowest BCUT2D eigenvalue weighted by molar-refractivity contribution is -0.145. The number of ether oxygens (including phenoxy) is 2. The van der Waals surface area contributed by atoms with E-state index in [2.05, 4.69) is 0 Å². The van der Waals surface area contributed by atoms with Crippen molar-refractivity contribution in [3.05, 3.63) is 29.8 Å². The van der Waals surface area contributed by atoms with E-state index in [9.17, 15) is 19.2 Å². The van der Waals surface area contributed by atoms with Gasteiger partial charge >= 0.3 is 6.09 Å². The maximum Gasteiger partial charge on any atom is 0.409 e. The molecule has 1 unspecified atom stereocenters. The molecule has 4 amide bonds. The van der Waals surface area contributed by atoms with Gasteiger partial charge in [0.05, 0.1) is 19.1 Å². The highest BCUT2D eigenvalue weighted by Gasteiger charge is 2.57. The lowest BCUT2D eigenvalue weighted by atomic mass is 9.75. The molecular weight excluding hydrogens is 438 g/mol. The van der Waals surface area contributed by atoms with Gasteiger partial charge in [0.25, 0.3) is 0 Å². The van der Waals surface area contributed by atoms with E-state index < -0.39 is 5.41 Å². The molecule has 0 spiro atoms. The second kappa shape index (κ2) is 10.0. The summed E-state index contributed by atoms with van der Waals surface area (Å²) in [6, 6.07) is 7.06. The van der Waals surface area contributed by atoms with Crippen molar-refractivity contribution in [2.24, 2.45) is 0 Å². The van der Waals surface area contributed by atoms with Crippen molar-refractivity contribution in [1.29, 1.82) is 0 Å². The molecular formula is C25H33N3O6. The first kappa shape index (κ1) is 24.0. The summed E-state index contributed by atoms with van der Waals surface area (Å²) in [5.74, 6) is -0.226. The molecule has 3 aliphatic rings. The molecule has 1 aromatic rings. The van der Waals surface area contributed by atoms with Gasteiger partial charge in [0, 0.05) is 50.6 Å². The van der Waals surface area contributed by atoms with E-state index in [0.717, 1.165) is 25.7 Å². The van der Waals surface area contributed by atoms with Crippen molar-refractivity contribution in [3.63, 3.8) is 0 Å². The average Bonchev–Trinajstić information content (AvgIpc) is 3.45. The second-order valence-electron chi connectivity index (χ2n) is 9.21. The maximum absolute atomic E-state index is 13.9. The lowest BCUT2D eigenvalue weighted by Crippen LogP contribution is -2.52. The summed E-state index contributed by atoms with van der Waals surface area (Å²) in [6.45, 7) is 3.50. The number of carbonyl (C=O) groups is 4. The largest absolute Gasteiger partial charge is 0.496 e. The molecule has 2 aliphatic heterocycles. The van der Waals surface area contributed by atoms with Gasteiger partial charge in [-0.15, -0.1) is 0 Å². The number of likely N-dealkylation sites (tertiary alicyclic amines) is 1. The molecule has 0 radical (unpaired) electrons. The first-order chi connectivity index (χ1) is 16.4. The van der Waals surface area contributed by atoms with Gasteiger partial charge in [-0.25, -0.2) is 4.79 Å². The Balaban J connectivity index is 1.59. The molecule has 1 aromatic carbocycles. The Bertz CT molecular complexity index is 952. The van der Waals surface area contributed by atoms with Gasteiger partial charge in [-0.1, -0.05) is 31.0 Å². The van der Waals surface area contributed by atoms with Crippen LogP contribution in [0.15, 0.2) is 24.3 Å². The number of benzene rings is 1. The predicted molar refractivity (Wildman–Crippen MR) is 123 cm³/mol. The van der Waals surface area contributed by atoms with Crippen molar-refractivity contribution >= 4 is 23.8 Å². The van der Waals surface area contributed by atoms with Crippen molar-refractivity contribution in [1.82, 2.24) is 14.7 Å². The number of rotatable bonds is 6. The third kappa shape index (κ3) is 4.35. The summed E-state index contributed by atoms with van der Waals surface area (Å²) < 4.78 is 10.6. The average molecular weight is 472 g/mol. The number of hydrogen-bond donors (Lipinski definition) is 0. The van der Waals surface area contributed by atoms with Crippen LogP contribution in [0.5, 0.6) is 5.75 Å². The molecule has 34 heavy (non-hydrogen) atoms. The molecule has 2 heterocycles. The van der Waals surface area contributed by atoms with E-state index in [0.29, 0.717) is 44.1 Å². The summed E-state index contributed by atoms with van der Waals surface area (Å²) in [4.78, 5) is 57.3. The lowest BCUT2D eigenvalue weighted by Gasteiger charge is -2.36. The minimum Gasteiger partial charge on any atom is -0.496 e. The highest BCUT2D eigenvalue weighted by Crippen LogP contribution is 2.46. The molecule has 0 bridgehead atoms. The topological polar surface area (TPSA) is 96.5 Å². The van der Waals surface area contributed by atoms with E-state index in [1.54, 1.807) is 34.9 Å². The quantitative estimate of drug-likeness (QED) is 0.591. The monoisotopic (exact) mass is 471 g/mol. The Morgan fingerprint density at radius 2 is 1.68 bits per heavy atom. The van der Waals surface area contributed by atoms with E-state index in [1.807, 2.05) is 6.07 Å². The molecule has 9 nitrogen and oxygen atoms in total. The van der Waals surface area contributed by atoms with Crippen LogP contribution in [0, 0.1) is 0 Å². The third-order valence-corrected chi connectivity index (χ3v) is 7.27. The number of piperazine rings is 1. The molecule has 184 valence electrons. The number of nitrogens with zero attached hydrogens (tertiary/aromatic N) is 3. The summed E-state index contributed by atoms with van der Waals surface area (Å²) in [5.41, 5.74) is -0.711. The molecule has 1 saturated carbocycles. The molecule has 0 N–H and O–H groups in total. The van der Waals surface area contributed by atoms with Crippen LogP contribution in [0.3, 0.4) is 0 Å². The molecule has 9 heteroatoms. The molecule has 1 aliphatic carbocycles. The van der Waals surface area contributed by atoms with Crippen LogP contribution < -0.4 is 4.74 Å². The third-order valence-electron chi connectivity index (χ3n) is 7.27. The minimum atomic E-state index is -1.29. The van der Waals surface area contributed by atoms with Crippen molar-refractivity contribution in [3.8, 4) is 5.75 Å². The van der Waals surface area contributed by atoms with Gasteiger partial charge in [0.2, 0.25) is 17.7 Å². The van der Waals surface area contributed by atoms with Gasteiger partial charge in [-0.05, 0) is 25.8 Å². The van der Waals surface area contributed by atoms with E-state index in [1.165, 1.54) is 12.0 Å². The van der Waals surface area contributed by atoms with E-state index in [4.69, 9.17) is 9.47 Å². The van der Waals surface area contributed by atoms with Crippen molar-refractivity contribution < 1.29 is 28.7 Å². The van der Waals surface area contributed by atoms with Gasteiger partial charge in [0.15, 0.2) is 0 Å². The Hall–Kier alpha value is -3.10. The van der Waals surface area contributed by atoms with Crippen molar-refractivity contribution in [2.75, 3.05) is 39.9 Å². The highest BCUT2D eigenvalue weighted by molar-refractivity contribution is 6.11. The number of amides is 4. The van der Waals surface area contributed by atoms with E-state index in [-0.39, 0.29) is 42.7 Å². The summed E-state index contributed by atoms with van der Waals surface area (Å²) >= 11 is 0.